The lowest BCUT2D eigenvalue weighted by atomic mass is 10.0. The van der Waals surface area contributed by atoms with Gasteiger partial charge in [0.2, 0.25) is 20.0 Å². The van der Waals surface area contributed by atoms with E-state index in [4.69, 9.17) is 0 Å². The number of piperidine rings is 2. The summed E-state index contributed by atoms with van der Waals surface area (Å²) in [4.78, 5) is 4.60. The molecule has 3 rings (SSSR count). The van der Waals surface area contributed by atoms with Crippen LogP contribution < -0.4 is 9.44 Å². The fourth-order valence-corrected chi connectivity index (χ4v) is 6.06. The van der Waals surface area contributed by atoms with Crippen molar-refractivity contribution in [1.29, 1.82) is 0 Å². The monoisotopic (exact) mass is 458 g/mol. The number of hydrogen-bond donors (Lipinski definition) is 2. The van der Waals surface area contributed by atoms with Crippen molar-refractivity contribution in [3.63, 3.8) is 0 Å². The molecule has 2 unspecified atom stereocenters. The quantitative estimate of drug-likeness (QED) is 0.595. The first-order valence-electron chi connectivity index (χ1n) is 10.5. The zero-order chi connectivity index (χ0) is 21.8. The Morgan fingerprint density at radius 2 is 1.13 bits per heavy atom. The van der Waals surface area contributed by atoms with E-state index in [1.54, 1.807) is 0 Å². The van der Waals surface area contributed by atoms with Crippen molar-refractivity contribution >= 4 is 20.0 Å². The van der Waals surface area contributed by atoms with Gasteiger partial charge in [-0.3, -0.25) is 9.80 Å². The van der Waals surface area contributed by atoms with Crippen LogP contribution in [0.25, 0.3) is 0 Å². The smallest absolute Gasteiger partial charge is 0.208 e. The van der Waals surface area contributed by atoms with Gasteiger partial charge in [-0.05, 0) is 49.9 Å². The second kappa shape index (κ2) is 10.1. The number of nitrogens with zero attached hydrogens (tertiary/aromatic N) is 2. The minimum atomic E-state index is -3.17. The molecule has 1 aromatic carbocycles. The SMILES string of the molecule is CS(=O)(=O)NC1CCCN(Cc2ccc(CN3CCCC(NS(C)(=O)=O)C3)cc2)C1. The third-order valence-corrected chi connectivity index (χ3v) is 7.13. The largest absolute Gasteiger partial charge is 0.298 e. The molecule has 0 aliphatic carbocycles. The topological polar surface area (TPSA) is 98.8 Å². The van der Waals surface area contributed by atoms with E-state index in [1.807, 2.05) is 0 Å². The number of benzene rings is 1. The average molecular weight is 459 g/mol. The van der Waals surface area contributed by atoms with E-state index in [1.165, 1.54) is 23.6 Å². The predicted molar refractivity (Wildman–Crippen MR) is 119 cm³/mol. The molecule has 30 heavy (non-hydrogen) atoms. The first kappa shape index (κ1) is 23.6. The molecule has 2 saturated heterocycles. The highest BCUT2D eigenvalue weighted by atomic mass is 32.2. The number of sulfonamides is 2. The summed E-state index contributed by atoms with van der Waals surface area (Å²) in [6.07, 6.45) is 6.17. The molecule has 0 radical (unpaired) electrons. The van der Waals surface area contributed by atoms with Gasteiger partial charge in [-0.15, -0.1) is 0 Å². The zero-order valence-electron chi connectivity index (χ0n) is 17.9. The van der Waals surface area contributed by atoms with Crippen LogP contribution in [0.1, 0.15) is 36.8 Å². The Labute approximate surface area is 181 Å². The molecule has 170 valence electrons. The van der Waals surface area contributed by atoms with Crippen molar-refractivity contribution in [2.75, 3.05) is 38.7 Å². The average Bonchev–Trinajstić information content (AvgIpc) is 2.61. The fourth-order valence-electron chi connectivity index (χ4n) is 4.46. The Kier molecular flexibility index (Phi) is 7.92. The van der Waals surface area contributed by atoms with E-state index < -0.39 is 20.0 Å². The highest BCUT2D eigenvalue weighted by Gasteiger charge is 2.23. The molecule has 10 heteroatoms. The van der Waals surface area contributed by atoms with Crippen LogP contribution in [0.15, 0.2) is 24.3 Å². The maximum absolute atomic E-state index is 11.5. The Balaban J connectivity index is 1.50. The lowest BCUT2D eigenvalue weighted by Gasteiger charge is -2.33. The van der Waals surface area contributed by atoms with Crippen LogP contribution in [0.2, 0.25) is 0 Å². The van der Waals surface area contributed by atoms with Crippen LogP contribution in [0.3, 0.4) is 0 Å². The summed E-state index contributed by atoms with van der Waals surface area (Å²) in [7, 11) is -6.35. The molecule has 1 aromatic rings. The van der Waals surface area contributed by atoms with Gasteiger partial charge in [0.1, 0.15) is 0 Å². The van der Waals surface area contributed by atoms with Crippen molar-refractivity contribution in [2.24, 2.45) is 0 Å². The van der Waals surface area contributed by atoms with Gasteiger partial charge in [0, 0.05) is 38.3 Å². The van der Waals surface area contributed by atoms with Gasteiger partial charge in [0.05, 0.1) is 12.5 Å². The van der Waals surface area contributed by atoms with Gasteiger partial charge in [0.25, 0.3) is 0 Å². The summed E-state index contributed by atoms with van der Waals surface area (Å²) in [5.74, 6) is 0. The van der Waals surface area contributed by atoms with E-state index in [0.717, 1.165) is 65.0 Å². The summed E-state index contributed by atoms with van der Waals surface area (Å²) < 4.78 is 51.4. The van der Waals surface area contributed by atoms with Gasteiger partial charge in [-0.25, -0.2) is 26.3 Å². The van der Waals surface area contributed by atoms with E-state index in [2.05, 4.69) is 43.5 Å². The van der Waals surface area contributed by atoms with Crippen LogP contribution in [0.5, 0.6) is 0 Å². The minimum absolute atomic E-state index is 0.0133. The maximum Gasteiger partial charge on any atom is 0.208 e. The molecule has 2 heterocycles. The molecule has 0 spiro atoms. The molecule has 2 N–H and O–H groups in total. The molecule has 2 atom stereocenters. The molecule has 2 aliphatic heterocycles. The van der Waals surface area contributed by atoms with Crippen LogP contribution in [0, 0.1) is 0 Å². The second-order valence-corrected chi connectivity index (χ2v) is 12.3. The van der Waals surface area contributed by atoms with Gasteiger partial charge in [-0.1, -0.05) is 24.3 Å². The van der Waals surface area contributed by atoms with Crippen LogP contribution in [-0.4, -0.2) is 77.4 Å². The second-order valence-electron chi connectivity index (χ2n) is 8.75. The van der Waals surface area contributed by atoms with Gasteiger partial charge in [0.15, 0.2) is 0 Å². The van der Waals surface area contributed by atoms with Crippen LogP contribution >= 0.6 is 0 Å². The van der Waals surface area contributed by atoms with E-state index in [0.29, 0.717) is 0 Å². The first-order chi connectivity index (χ1) is 14.1. The molecule has 0 saturated carbocycles. The highest BCUT2D eigenvalue weighted by molar-refractivity contribution is 7.89. The Morgan fingerprint density at radius 3 is 1.47 bits per heavy atom. The zero-order valence-corrected chi connectivity index (χ0v) is 19.5. The molecule has 0 amide bonds. The minimum Gasteiger partial charge on any atom is -0.298 e. The van der Waals surface area contributed by atoms with E-state index >= 15 is 0 Å². The summed E-state index contributed by atoms with van der Waals surface area (Å²) in [5, 5.41) is 0. The maximum atomic E-state index is 11.5. The van der Waals surface area contributed by atoms with Crippen molar-refractivity contribution in [2.45, 2.75) is 50.9 Å². The van der Waals surface area contributed by atoms with Crippen LogP contribution in [-0.2, 0) is 33.1 Å². The normalized spacial score (nSPS) is 24.7. The van der Waals surface area contributed by atoms with Crippen molar-refractivity contribution in [1.82, 2.24) is 19.2 Å². The number of likely N-dealkylation sites (tertiary alicyclic amines) is 2. The molecular formula is C20H34N4O4S2. The lowest BCUT2D eigenvalue weighted by molar-refractivity contribution is 0.193. The van der Waals surface area contributed by atoms with Crippen molar-refractivity contribution in [3.05, 3.63) is 35.4 Å². The van der Waals surface area contributed by atoms with Crippen molar-refractivity contribution < 1.29 is 16.8 Å². The van der Waals surface area contributed by atoms with E-state index in [9.17, 15) is 16.8 Å². The molecule has 0 bridgehead atoms. The van der Waals surface area contributed by atoms with Crippen LogP contribution in [0.4, 0.5) is 0 Å². The number of nitrogens with one attached hydrogen (secondary N) is 2. The van der Waals surface area contributed by atoms with Gasteiger partial charge < -0.3 is 0 Å². The number of hydrogen-bond acceptors (Lipinski definition) is 6. The van der Waals surface area contributed by atoms with Gasteiger partial charge in [-0.2, -0.15) is 0 Å². The van der Waals surface area contributed by atoms with E-state index in [-0.39, 0.29) is 12.1 Å². The fraction of sp³-hybridized carbons (Fsp3) is 0.700. The molecular weight excluding hydrogens is 424 g/mol. The molecule has 2 fully saturated rings. The Bertz CT molecular complexity index is 828. The third kappa shape index (κ3) is 8.24. The third-order valence-electron chi connectivity index (χ3n) is 5.61. The molecule has 0 aromatic heterocycles. The summed E-state index contributed by atoms with van der Waals surface area (Å²) in [6.45, 7) is 5.05. The predicted octanol–water partition coefficient (Wildman–Crippen LogP) is 0.714. The summed E-state index contributed by atoms with van der Waals surface area (Å²) in [5.41, 5.74) is 2.43. The number of rotatable bonds is 8. The van der Waals surface area contributed by atoms with Crippen molar-refractivity contribution in [3.8, 4) is 0 Å². The Hall–Kier alpha value is -1.04. The highest BCUT2D eigenvalue weighted by Crippen LogP contribution is 2.17. The molecule has 8 nitrogen and oxygen atoms in total. The lowest BCUT2D eigenvalue weighted by Crippen LogP contribution is -2.47. The summed E-state index contributed by atoms with van der Waals surface area (Å²) in [6, 6.07) is 8.53. The summed E-state index contributed by atoms with van der Waals surface area (Å²) >= 11 is 0. The van der Waals surface area contributed by atoms with Gasteiger partial charge >= 0.3 is 0 Å². The molecule has 2 aliphatic rings. The standard InChI is InChI=1S/C20H34N4O4S2/c1-29(25,26)21-19-5-3-11-23(15-19)13-17-7-9-18(10-8-17)14-24-12-4-6-20(16-24)22-30(2,27)28/h7-10,19-22H,3-6,11-16H2,1-2H3. The first-order valence-corrected chi connectivity index (χ1v) is 14.3. The Morgan fingerprint density at radius 1 is 0.767 bits per heavy atom.